The number of ketones is 1. The normalized spacial score (nSPS) is 11.2. The maximum absolute atomic E-state index is 12.6. The molecule has 211 valence electrons. The molecule has 0 atom stereocenters. The number of pyridine rings is 1. The van der Waals surface area contributed by atoms with E-state index in [2.05, 4.69) is 11.1 Å². The molecule has 2 aromatic heterocycles. The van der Waals surface area contributed by atoms with Crippen LogP contribution in [0.4, 0.5) is 13.2 Å². The van der Waals surface area contributed by atoms with Crippen LogP contribution in [0.1, 0.15) is 34.8 Å². The fourth-order valence-electron chi connectivity index (χ4n) is 4.71. The number of rotatable bonds is 4. The molecule has 6 rings (SSSR count). The minimum Gasteiger partial charge on any atom is -0.507 e. The predicted octanol–water partition coefficient (Wildman–Crippen LogP) is 9.00. The number of furan rings is 1. The smallest absolute Gasteiger partial charge is 0.389 e. The molecule has 41 heavy (non-hydrogen) atoms. The van der Waals surface area contributed by atoms with Crippen molar-refractivity contribution in [2.24, 2.45) is 0 Å². The molecule has 2 heterocycles. The van der Waals surface area contributed by atoms with Crippen LogP contribution in [-0.4, -0.2) is 22.1 Å². The SMILES string of the molecule is CC(=O)c1ccccc1O.Cc1[c-]c(-c2nccc3cc(CCC(F)(F)F)ccc23)c2oc3ccccc3c2c1.[Ir]. The minimum absolute atomic E-state index is 0. The fourth-order valence-corrected chi connectivity index (χ4v) is 4.71. The number of phenols is 1. The molecule has 0 bridgehead atoms. The van der Waals surface area contributed by atoms with Crippen molar-refractivity contribution in [3.05, 3.63) is 108 Å². The number of carbonyl (C=O) groups excluding carboxylic acids is 1. The van der Waals surface area contributed by atoms with Gasteiger partial charge in [-0.3, -0.25) is 4.79 Å². The summed E-state index contributed by atoms with van der Waals surface area (Å²) in [4.78, 5) is 15.3. The van der Waals surface area contributed by atoms with E-state index >= 15 is 0 Å². The van der Waals surface area contributed by atoms with Crippen LogP contribution in [0.3, 0.4) is 0 Å². The first-order valence-electron chi connectivity index (χ1n) is 12.7. The Morgan fingerprint density at radius 2 is 1.68 bits per heavy atom. The summed E-state index contributed by atoms with van der Waals surface area (Å²) in [6, 6.07) is 27.0. The standard InChI is InChI=1S/C25H17F3NO.C8H8O2.Ir/c1-15-12-20-19-4-2-3-5-22(19)30-24(20)21(13-15)23-18-7-6-16(8-10-25(26,27)28)14-17(18)9-11-29-23;1-6(9)7-4-2-3-5-8(7)10;/h2-7,9,11-12,14H,8,10H2,1H3;2-5,10H,1H3;/q-1;;. The summed E-state index contributed by atoms with van der Waals surface area (Å²) < 4.78 is 43.9. The predicted molar refractivity (Wildman–Crippen MR) is 151 cm³/mol. The zero-order valence-corrected chi connectivity index (χ0v) is 24.6. The van der Waals surface area contributed by atoms with Gasteiger partial charge in [0.1, 0.15) is 11.3 Å². The molecule has 0 spiro atoms. The number of halogens is 3. The first kappa shape index (κ1) is 30.0. The molecule has 0 aliphatic carbocycles. The van der Waals surface area contributed by atoms with Gasteiger partial charge in [-0.25, -0.2) is 0 Å². The summed E-state index contributed by atoms with van der Waals surface area (Å²) in [5, 5.41) is 12.8. The van der Waals surface area contributed by atoms with Crippen molar-refractivity contribution in [2.45, 2.75) is 32.9 Å². The molecule has 8 heteroatoms. The van der Waals surface area contributed by atoms with Gasteiger partial charge in [-0.15, -0.1) is 17.7 Å². The first-order valence-corrected chi connectivity index (χ1v) is 12.7. The third kappa shape index (κ3) is 6.67. The van der Waals surface area contributed by atoms with E-state index in [4.69, 9.17) is 9.52 Å². The van der Waals surface area contributed by atoms with E-state index in [-0.39, 0.29) is 38.1 Å². The van der Waals surface area contributed by atoms with Gasteiger partial charge in [0.05, 0.1) is 11.1 Å². The Balaban J connectivity index is 0.000000300. The van der Waals surface area contributed by atoms with Gasteiger partial charge >= 0.3 is 6.18 Å². The first-order chi connectivity index (χ1) is 19.1. The summed E-state index contributed by atoms with van der Waals surface area (Å²) in [7, 11) is 0. The van der Waals surface area contributed by atoms with E-state index < -0.39 is 12.6 Å². The number of aromatic nitrogens is 1. The number of Topliss-reactive ketones (excluding diaryl/α,β-unsaturated/α-hetero) is 1. The van der Waals surface area contributed by atoms with Gasteiger partial charge in [0.15, 0.2) is 5.78 Å². The third-order valence-electron chi connectivity index (χ3n) is 6.59. The van der Waals surface area contributed by atoms with Crippen LogP contribution in [0.25, 0.3) is 44.0 Å². The molecule has 4 nitrogen and oxygen atoms in total. The quantitative estimate of drug-likeness (QED) is 0.145. The summed E-state index contributed by atoms with van der Waals surface area (Å²) in [6.07, 6.45) is -3.36. The molecular formula is C33H25F3IrNO3-. The zero-order valence-electron chi connectivity index (χ0n) is 22.2. The molecule has 0 amide bonds. The molecule has 0 aliphatic heterocycles. The number of aryl methyl sites for hydroxylation is 2. The van der Waals surface area contributed by atoms with Crippen LogP contribution in [0, 0.1) is 13.0 Å². The molecule has 0 saturated carbocycles. The minimum atomic E-state index is -4.16. The van der Waals surface area contributed by atoms with Gasteiger partial charge in [0.2, 0.25) is 0 Å². The van der Waals surface area contributed by atoms with Gasteiger partial charge < -0.3 is 14.5 Å². The number of hydrogen-bond acceptors (Lipinski definition) is 4. The van der Waals surface area contributed by atoms with E-state index in [0.29, 0.717) is 22.4 Å². The van der Waals surface area contributed by atoms with Crippen LogP contribution in [-0.2, 0) is 26.5 Å². The van der Waals surface area contributed by atoms with Crippen LogP contribution in [0.15, 0.2) is 89.5 Å². The summed E-state index contributed by atoms with van der Waals surface area (Å²) in [5.41, 5.74) is 4.97. The van der Waals surface area contributed by atoms with Gasteiger partial charge in [0, 0.05) is 38.1 Å². The van der Waals surface area contributed by atoms with Crippen molar-refractivity contribution in [1.82, 2.24) is 4.98 Å². The Labute approximate surface area is 248 Å². The van der Waals surface area contributed by atoms with E-state index in [0.717, 1.165) is 38.3 Å². The number of fused-ring (bicyclic) bond motifs is 4. The van der Waals surface area contributed by atoms with E-state index in [9.17, 15) is 18.0 Å². The number of alkyl halides is 3. The van der Waals surface area contributed by atoms with Crippen molar-refractivity contribution in [1.29, 1.82) is 0 Å². The number of aromatic hydroxyl groups is 1. The summed E-state index contributed by atoms with van der Waals surface area (Å²) in [6.45, 7) is 3.40. The largest absolute Gasteiger partial charge is 0.507 e. The zero-order chi connectivity index (χ0) is 28.4. The molecule has 0 fully saturated rings. The number of carbonyl (C=O) groups is 1. The van der Waals surface area contributed by atoms with Gasteiger partial charge in [-0.1, -0.05) is 66.4 Å². The molecular weight excluding hydrogens is 708 g/mol. The number of para-hydroxylation sites is 2. The number of hydrogen-bond donors (Lipinski definition) is 1. The van der Waals surface area contributed by atoms with Crippen molar-refractivity contribution in [3.63, 3.8) is 0 Å². The summed E-state index contributed by atoms with van der Waals surface area (Å²) in [5.74, 6) is -0.0619. The topological polar surface area (TPSA) is 63.3 Å². The van der Waals surface area contributed by atoms with Crippen LogP contribution in [0.2, 0.25) is 0 Å². The molecule has 1 N–H and O–H groups in total. The molecule has 0 unspecified atom stereocenters. The summed E-state index contributed by atoms with van der Waals surface area (Å²) >= 11 is 0. The van der Waals surface area contributed by atoms with Crippen LogP contribution >= 0.6 is 0 Å². The number of phenolic OH excluding ortho intramolecular Hbond substituents is 1. The van der Waals surface area contributed by atoms with Crippen molar-refractivity contribution in [2.75, 3.05) is 0 Å². The maximum Gasteiger partial charge on any atom is 0.389 e. The van der Waals surface area contributed by atoms with Crippen LogP contribution in [0.5, 0.6) is 5.75 Å². The second-order valence-corrected chi connectivity index (χ2v) is 9.57. The number of nitrogens with zero attached hydrogens (tertiary/aromatic N) is 1. The van der Waals surface area contributed by atoms with Gasteiger partial charge in [-0.2, -0.15) is 13.2 Å². The Hall–Kier alpha value is -4.00. The Bertz CT molecular complexity index is 1860. The Kier molecular flexibility index (Phi) is 8.95. The molecule has 0 aliphatic rings. The average Bonchev–Trinajstić information content (AvgIpc) is 3.29. The van der Waals surface area contributed by atoms with Crippen LogP contribution < -0.4 is 0 Å². The van der Waals surface area contributed by atoms with E-state index in [1.54, 1.807) is 36.5 Å². The monoisotopic (exact) mass is 733 g/mol. The Morgan fingerprint density at radius 3 is 2.39 bits per heavy atom. The molecule has 4 aromatic carbocycles. The maximum atomic E-state index is 12.6. The molecule has 6 aromatic rings. The van der Waals surface area contributed by atoms with E-state index in [1.807, 2.05) is 49.4 Å². The van der Waals surface area contributed by atoms with Crippen molar-refractivity contribution < 1.29 is 47.6 Å². The third-order valence-corrected chi connectivity index (χ3v) is 6.59. The second-order valence-electron chi connectivity index (χ2n) is 9.57. The number of benzene rings is 4. The van der Waals surface area contributed by atoms with Crippen molar-refractivity contribution in [3.8, 4) is 17.0 Å². The average molecular weight is 733 g/mol. The second kappa shape index (κ2) is 12.2. The van der Waals surface area contributed by atoms with Gasteiger partial charge in [-0.05, 0) is 59.6 Å². The fraction of sp³-hybridized carbons (Fsp3) is 0.152. The molecule has 0 saturated heterocycles. The molecule has 1 radical (unpaired) electrons. The Morgan fingerprint density at radius 1 is 0.951 bits per heavy atom. The van der Waals surface area contributed by atoms with E-state index in [1.165, 1.54) is 13.0 Å². The van der Waals surface area contributed by atoms with Gasteiger partial charge in [0.25, 0.3) is 0 Å². The van der Waals surface area contributed by atoms with Crippen molar-refractivity contribution >= 4 is 38.5 Å².